The number of aromatic nitrogens is 6. The van der Waals surface area contributed by atoms with E-state index in [2.05, 4.69) is 49.6 Å². The van der Waals surface area contributed by atoms with E-state index in [-0.39, 0.29) is 0 Å². The van der Waals surface area contributed by atoms with Gasteiger partial charge in [-0.1, -0.05) is 66.2 Å². The summed E-state index contributed by atoms with van der Waals surface area (Å²) in [4.78, 5) is 4.41. The Bertz CT molecular complexity index is 1550. The van der Waals surface area contributed by atoms with Gasteiger partial charge in [0, 0.05) is 21.7 Å². The maximum Gasteiger partial charge on any atom is 0.252 e. The maximum absolute atomic E-state index is 6.17. The summed E-state index contributed by atoms with van der Waals surface area (Å²) in [5.74, 6) is 2.91. The van der Waals surface area contributed by atoms with Crippen LogP contribution in [0.25, 0.3) is 17.1 Å². The van der Waals surface area contributed by atoms with Crippen molar-refractivity contribution in [1.82, 2.24) is 29.9 Å². The summed E-state index contributed by atoms with van der Waals surface area (Å²) in [7, 11) is 0. The van der Waals surface area contributed by atoms with Crippen molar-refractivity contribution in [3.8, 4) is 17.1 Å². The highest BCUT2D eigenvalue weighted by molar-refractivity contribution is 6.30. The number of halogens is 1. The van der Waals surface area contributed by atoms with Crippen LogP contribution < -0.4 is 5.01 Å². The highest BCUT2D eigenvalue weighted by Gasteiger charge is 2.26. The van der Waals surface area contributed by atoms with Gasteiger partial charge in [0.25, 0.3) is 5.95 Å². The van der Waals surface area contributed by atoms with Crippen LogP contribution >= 0.6 is 11.6 Å². The van der Waals surface area contributed by atoms with Crippen molar-refractivity contribution in [2.24, 2.45) is 5.10 Å². The molecule has 1 aliphatic rings. The van der Waals surface area contributed by atoms with Gasteiger partial charge >= 0.3 is 0 Å². The minimum absolute atomic E-state index is 0.510. The molecule has 3 aromatic carbocycles. The number of anilines is 1. The molecule has 1 N–H and O–H groups in total. The predicted molar refractivity (Wildman–Crippen MR) is 136 cm³/mol. The Hall–Kier alpha value is -4.30. The molecular formula is C26H21ClN8. The number of hydrazone groups is 1. The first-order valence-corrected chi connectivity index (χ1v) is 11.6. The minimum atomic E-state index is 0.510. The molecule has 2 aromatic heterocycles. The molecule has 5 aromatic rings. The van der Waals surface area contributed by atoms with E-state index in [0.717, 1.165) is 45.3 Å². The fourth-order valence-corrected chi connectivity index (χ4v) is 4.35. The van der Waals surface area contributed by atoms with E-state index in [4.69, 9.17) is 16.7 Å². The monoisotopic (exact) mass is 480 g/mol. The van der Waals surface area contributed by atoms with Crippen molar-refractivity contribution in [2.75, 3.05) is 5.01 Å². The van der Waals surface area contributed by atoms with Gasteiger partial charge in [0.1, 0.15) is 17.4 Å². The molecule has 6 rings (SSSR count). The minimum Gasteiger partial charge on any atom is -0.263 e. The molecule has 0 saturated carbocycles. The molecule has 3 heterocycles. The van der Waals surface area contributed by atoms with Crippen molar-refractivity contribution in [3.63, 3.8) is 0 Å². The molecule has 9 heteroatoms. The molecule has 0 spiro atoms. The summed E-state index contributed by atoms with van der Waals surface area (Å²) < 4.78 is 2.05. The number of aromatic amines is 1. The highest BCUT2D eigenvalue weighted by atomic mass is 35.5. The molecule has 1 aliphatic heterocycles. The van der Waals surface area contributed by atoms with Crippen LogP contribution in [0.3, 0.4) is 0 Å². The van der Waals surface area contributed by atoms with E-state index in [1.165, 1.54) is 0 Å². The standard InChI is InChI=1S/C26H21ClN8/c1-16-28-25(31-29-16)20-9-7-18(8-10-20)15-34-26-32-30-17(2)35(26)23-6-4-3-5-22(23)24(33-34)19-11-13-21(27)14-12-19/h3-14H,15H2,1-2H3,(H,28,29,31). The molecular weight excluding hydrogens is 460 g/mol. The number of rotatable bonds is 4. The van der Waals surface area contributed by atoms with Crippen molar-refractivity contribution < 1.29 is 0 Å². The van der Waals surface area contributed by atoms with Gasteiger partial charge in [-0.25, -0.2) is 9.99 Å². The lowest BCUT2D eigenvalue weighted by atomic mass is 10.0. The normalized spacial score (nSPS) is 12.7. The number of hydrogen-bond acceptors (Lipinski definition) is 6. The molecule has 0 unspecified atom stereocenters. The smallest absolute Gasteiger partial charge is 0.252 e. The molecule has 0 fully saturated rings. The summed E-state index contributed by atoms with van der Waals surface area (Å²) in [6, 6.07) is 24.1. The van der Waals surface area contributed by atoms with Crippen molar-refractivity contribution in [3.05, 3.63) is 106 Å². The zero-order valence-corrected chi connectivity index (χ0v) is 19.9. The average molecular weight is 481 g/mol. The molecule has 0 amide bonds. The topological polar surface area (TPSA) is 87.9 Å². The van der Waals surface area contributed by atoms with Crippen molar-refractivity contribution in [2.45, 2.75) is 20.4 Å². The lowest BCUT2D eigenvalue weighted by Crippen LogP contribution is -2.20. The van der Waals surface area contributed by atoms with Crippen LogP contribution in [-0.2, 0) is 6.54 Å². The average Bonchev–Trinajstić information content (AvgIpc) is 3.45. The third-order valence-corrected chi connectivity index (χ3v) is 6.17. The van der Waals surface area contributed by atoms with Gasteiger partial charge in [-0.05, 0) is 37.6 Å². The number of benzene rings is 3. The third kappa shape index (κ3) is 3.87. The van der Waals surface area contributed by atoms with Crippen LogP contribution in [0.2, 0.25) is 5.02 Å². The van der Waals surface area contributed by atoms with E-state index < -0.39 is 0 Å². The van der Waals surface area contributed by atoms with Crippen LogP contribution in [0.5, 0.6) is 0 Å². The van der Waals surface area contributed by atoms with Gasteiger partial charge in [0.05, 0.1) is 12.2 Å². The zero-order valence-electron chi connectivity index (χ0n) is 19.1. The Kier molecular flexibility index (Phi) is 5.15. The summed E-state index contributed by atoms with van der Waals surface area (Å²) in [6.07, 6.45) is 0. The second kappa shape index (κ2) is 8.48. The van der Waals surface area contributed by atoms with Crippen LogP contribution in [-0.4, -0.2) is 35.7 Å². The molecule has 35 heavy (non-hydrogen) atoms. The van der Waals surface area contributed by atoms with Gasteiger partial charge in [-0.15, -0.1) is 10.2 Å². The quantitative estimate of drug-likeness (QED) is 0.387. The second-order valence-electron chi connectivity index (χ2n) is 8.35. The third-order valence-electron chi connectivity index (χ3n) is 5.92. The number of nitrogens with one attached hydrogen (secondary N) is 1. The first kappa shape index (κ1) is 21.2. The fraction of sp³-hybridized carbons (Fsp3) is 0.115. The number of nitrogens with zero attached hydrogens (tertiary/aromatic N) is 7. The van der Waals surface area contributed by atoms with Gasteiger partial charge in [0.15, 0.2) is 5.82 Å². The van der Waals surface area contributed by atoms with Gasteiger partial charge in [-0.2, -0.15) is 10.2 Å². The van der Waals surface area contributed by atoms with E-state index in [1.54, 1.807) is 0 Å². The van der Waals surface area contributed by atoms with Gasteiger partial charge in [-0.3, -0.25) is 9.67 Å². The van der Waals surface area contributed by atoms with E-state index in [9.17, 15) is 0 Å². The summed E-state index contributed by atoms with van der Waals surface area (Å²) in [6.45, 7) is 4.35. The van der Waals surface area contributed by atoms with Crippen LogP contribution in [0.15, 0.2) is 77.9 Å². The second-order valence-corrected chi connectivity index (χ2v) is 8.79. The van der Waals surface area contributed by atoms with Crippen molar-refractivity contribution >= 4 is 23.3 Å². The first-order valence-electron chi connectivity index (χ1n) is 11.2. The molecule has 0 atom stereocenters. The van der Waals surface area contributed by atoms with E-state index >= 15 is 0 Å². The Morgan fingerprint density at radius 1 is 0.857 bits per heavy atom. The lowest BCUT2D eigenvalue weighted by molar-refractivity contribution is 0.796. The maximum atomic E-state index is 6.17. The Morgan fingerprint density at radius 3 is 2.34 bits per heavy atom. The Labute approximate surface area is 206 Å². The Balaban J connectivity index is 1.45. The largest absolute Gasteiger partial charge is 0.263 e. The fourth-order valence-electron chi connectivity index (χ4n) is 4.22. The van der Waals surface area contributed by atoms with Crippen molar-refractivity contribution in [1.29, 1.82) is 0 Å². The SMILES string of the molecule is Cc1nc(-c2ccc(CN3N=C(c4ccc(Cl)cc4)c4ccccc4-n4c(C)nnc43)cc2)n[nH]1. The molecule has 0 saturated heterocycles. The van der Waals surface area contributed by atoms with Crippen LogP contribution in [0.4, 0.5) is 5.95 Å². The Morgan fingerprint density at radius 2 is 1.60 bits per heavy atom. The number of hydrogen-bond donors (Lipinski definition) is 1. The molecule has 0 radical (unpaired) electrons. The van der Waals surface area contributed by atoms with Gasteiger partial charge in [0.2, 0.25) is 0 Å². The summed E-state index contributed by atoms with van der Waals surface area (Å²) >= 11 is 6.17. The lowest BCUT2D eigenvalue weighted by Gasteiger charge is -2.18. The molecule has 172 valence electrons. The number of aryl methyl sites for hydroxylation is 2. The molecule has 8 nitrogen and oxygen atoms in total. The van der Waals surface area contributed by atoms with Crippen LogP contribution in [0, 0.1) is 13.8 Å². The zero-order chi connectivity index (χ0) is 23.9. The van der Waals surface area contributed by atoms with Gasteiger partial charge < -0.3 is 0 Å². The highest BCUT2D eigenvalue weighted by Crippen LogP contribution is 2.31. The number of H-pyrrole nitrogens is 1. The summed E-state index contributed by atoms with van der Waals surface area (Å²) in [5.41, 5.74) is 5.81. The summed E-state index contributed by atoms with van der Waals surface area (Å²) in [5, 5.41) is 23.7. The van der Waals surface area contributed by atoms with E-state index in [0.29, 0.717) is 23.3 Å². The first-order chi connectivity index (χ1) is 17.1. The predicted octanol–water partition coefficient (Wildman–Crippen LogP) is 5.10. The molecule has 0 bridgehead atoms. The van der Waals surface area contributed by atoms with E-state index in [1.807, 2.05) is 72.0 Å². The molecule has 0 aliphatic carbocycles. The van der Waals surface area contributed by atoms with Crippen LogP contribution in [0.1, 0.15) is 28.3 Å². The number of para-hydroxylation sites is 1. The number of fused-ring (bicyclic) bond motifs is 3.